The molecule has 3 N–H and O–H groups in total. The Hall–Kier alpha value is -0.610. The molecule has 0 bridgehead atoms. The third-order valence-corrected chi connectivity index (χ3v) is 3.34. The van der Waals surface area contributed by atoms with Gasteiger partial charge >= 0.3 is 0 Å². The molecule has 0 radical (unpaired) electrons. The number of rotatable bonds is 10. The van der Waals surface area contributed by atoms with Crippen LogP contribution < -0.4 is 11.1 Å². The Morgan fingerprint density at radius 3 is 2.11 bits per heavy atom. The van der Waals surface area contributed by atoms with E-state index in [1.807, 2.05) is 0 Å². The molecule has 1 unspecified atom stereocenters. The molecular weight excluding hydrogens is 238 g/mol. The molecule has 0 aromatic carbocycles. The normalized spacial score (nSPS) is 17.4. The van der Waals surface area contributed by atoms with Crippen molar-refractivity contribution in [1.29, 1.82) is 0 Å². The Bertz CT molecular complexity index is 265. The summed E-state index contributed by atoms with van der Waals surface area (Å²) in [5.74, 6) is 1.10. The molecule has 1 aliphatic carbocycles. The lowest BCUT2D eigenvalue weighted by molar-refractivity contribution is -0.120. The topological polar surface area (TPSA) is 58.4 Å². The summed E-state index contributed by atoms with van der Waals surface area (Å²) in [5.41, 5.74) is 5.48. The SMILES string of the molecule is CC(C)CN(CCC(NC1CC1)C(N)=O)CC(C)C. The molecule has 1 aliphatic rings. The quantitative estimate of drug-likeness (QED) is 0.633. The second-order valence-electron chi connectivity index (χ2n) is 6.73. The number of hydrogen-bond acceptors (Lipinski definition) is 3. The summed E-state index contributed by atoms with van der Waals surface area (Å²) in [6.07, 6.45) is 3.20. The van der Waals surface area contributed by atoms with Gasteiger partial charge in [0, 0.05) is 25.7 Å². The van der Waals surface area contributed by atoms with E-state index >= 15 is 0 Å². The van der Waals surface area contributed by atoms with E-state index in [4.69, 9.17) is 5.73 Å². The van der Waals surface area contributed by atoms with Gasteiger partial charge in [-0.1, -0.05) is 27.7 Å². The van der Waals surface area contributed by atoms with Crippen LogP contribution in [0.5, 0.6) is 0 Å². The summed E-state index contributed by atoms with van der Waals surface area (Å²) < 4.78 is 0. The van der Waals surface area contributed by atoms with E-state index < -0.39 is 0 Å². The van der Waals surface area contributed by atoms with Crippen molar-refractivity contribution in [2.45, 2.75) is 59.0 Å². The highest BCUT2D eigenvalue weighted by Crippen LogP contribution is 2.20. The molecule has 19 heavy (non-hydrogen) atoms. The molecule has 0 saturated heterocycles. The molecule has 1 atom stereocenters. The van der Waals surface area contributed by atoms with Gasteiger partial charge in [0.2, 0.25) is 5.91 Å². The Kier molecular flexibility index (Phi) is 6.80. The molecule has 0 heterocycles. The monoisotopic (exact) mass is 269 g/mol. The van der Waals surface area contributed by atoms with E-state index in [0.29, 0.717) is 17.9 Å². The van der Waals surface area contributed by atoms with E-state index in [1.54, 1.807) is 0 Å². The zero-order valence-electron chi connectivity index (χ0n) is 13.0. The van der Waals surface area contributed by atoms with Crippen molar-refractivity contribution in [3.8, 4) is 0 Å². The summed E-state index contributed by atoms with van der Waals surface area (Å²) >= 11 is 0. The van der Waals surface area contributed by atoms with Crippen LogP contribution in [0.15, 0.2) is 0 Å². The third-order valence-electron chi connectivity index (χ3n) is 3.34. The Morgan fingerprint density at radius 1 is 1.21 bits per heavy atom. The molecule has 1 rings (SSSR count). The summed E-state index contributed by atoms with van der Waals surface area (Å²) in [7, 11) is 0. The lowest BCUT2D eigenvalue weighted by Crippen LogP contribution is -2.45. The molecule has 1 amide bonds. The van der Waals surface area contributed by atoms with Crippen molar-refractivity contribution >= 4 is 5.91 Å². The van der Waals surface area contributed by atoms with Crippen LogP contribution in [0.1, 0.15) is 47.0 Å². The molecular formula is C15H31N3O. The minimum Gasteiger partial charge on any atom is -0.368 e. The number of carbonyl (C=O) groups excluding carboxylic acids is 1. The number of nitrogens with one attached hydrogen (secondary N) is 1. The highest BCUT2D eigenvalue weighted by Gasteiger charge is 2.27. The molecule has 112 valence electrons. The first-order valence-corrected chi connectivity index (χ1v) is 7.66. The predicted octanol–water partition coefficient (Wildman–Crippen LogP) is 1.60. The summed E-state index contributed by atoms with van der Waals surface area (Å²) in [5, 5.41) is 3.35. The van der Waals surface area contributed by atoms with Gasteiger partial charge in [-0.25, -0.2) is 0 Å². The fraction of sp³-hybridized carbons (Fsp3) is 0.933. The van der Waals surface area contributed by atoms with Crippen molar-refractivity contribution in [2.75, 3.05) is 19.6 Å². The Labute approximate surface area is 118 Å². The second kappa shape index (κ2) is 7.85. The minimum atomic E-state index is -0.207. The zero-order chi connectivity index (χ0) is 14.4. The molecule has 0 aromatic heterocycles. The molecule has 1 fully saturated rings. The number of primary amides is 1. The van der Waals surface area contributed by atoms with Crippen molar-refractivity contribution in [1.82, 2.24) is 10.2 Å². The number of nitrogens with zero attached hydrogens (tertiary/aromatic N) is 1. The van der Waals surface area contributed by atoms with Crippen LogP contribution in [0.4, 0.5) is 0 Å². The van der Waals surface area contributed by atoms with E-state index in [9.17, 15) is 4.79 Å². The first-order valence-electron chi connectivity index (χ1n) is 7.66. The van der Waals surface area contributed by atoms with Crippen LogP contribution in [0, 0.1) is 11.8 Å². The second-order valence-corrected chi connectivity index (χ2v) is 6.73. The average molecular weight is 269 g/mol. The van der Waals surface area contributed by atoms with Crippen LogP contribution >= 0.6 is 0 Å². The van der Waals surface area contributed by atoms with Gasteiger partial charge in [-0.2, -0.15) is 0 Å². The maximum Gasteiger partial charge on any atom is 0.234 e. The smallest absolute Gasteiger partial charge is 0.234 e. The van der Waals surface area contributed by atoms with E-state index in [0.717, 1.165) is 26.1 Å². The van der Waals surface area contributed by atoms with Crippen molar-refractivity contribution in [3.05, 3.63) is 0 Å². The van der Waals surface area contributed by atoms with Gasteiger partial charge in [-0.15, -0.1) is 0 Å². The fourth-order valence-electron chi connectivity index (χ4n) is 2.44. The number of amides is 1. The van der Waals surface area contributed by atoms with Crippen LogP contribution in [-0.2, 0) is 4.79 Å². The zero-order valence-corrected chi connectivity index (χ0v) is 13.0. The first-order chi connectivity index (χ1) is 8.88. The summed E-state index contributed by atoms with van der Waals surface area (Å²) in [6, 6.07) is 0.371. The fourth-order valence-corrected chi connectivity index (χ4v) is 2.44. The highest BCUT2D eigenvalue weighted by molar-refractivity contribution is 5.79. The van der Waals surface area contributed by atoms with Crippen LogP contribution in [-0.4, -0.2) is 42.5 Å². The van der Waals surface area contributed by atoms with Crippen LogP contribution in [0.3, 0.4) is 0 Å². The van der Waals surface area contributed by atoms with Crippen LogP contribution in [0.25, 0.3) is 0 Å². The lowest BCUT2D eigenvalue weighted by Gasteiger charge is -2.27. The van der Waals surface area contributed by atoms with E-state index in [2.05, 4.69) is 37.9 Å². The van der Waals surface area contributed by atoms with E-state index in [1.165, 1.54) is 12.8 Å². The van der Waals surface area contributed by atoms with Gasteiger partial charge in [-0.3, -0.25) is 4.79 Å². The molecule has 1 saturated carbocycles. The average Bonchev–Trinajstić information content (AvgIpc) is 3.05. The number of hydrogen-bond donors (Lipinski definition) is 2. The van der Waals surface area contributed by atoms with Gasteiger partial charge in [-0.05, 0) is 31.1 Å². The predicted molar refractivity (Wildman–Crippen MR) is 79.9 cm³/mol. The number of carbonyl (C=O) groups is 1. The lowest BCUT2D eigenvalue weighted by atomic mass is 10.1. The maximum absolute atomic E-state index is 11.5. The van der Waals surface area contributed by atoms with Crippen molar-refractivity contribution in [3.63, 3.8) is 0 Å². The molecule has 4 nitrogen and oxygen atoms in total. The molecule has 0 spiro atoms. The summed E-state index contributed by atoms with van der Waals surface area (Å²) in [6.45, 7) is 12.1. The third kappa shape index (κ3) is 7.53. The van der Waals surface area contributed by atoms with Gasteiger partial charge < -0.3 is 16.0 Å². The van der Waals surface area contributed by atoms with Gasteiger partial charge in [0.15, 0.2) is 0 Å². The van der Waals surface area contributed by atoms with Crippen molar-refractivity contribution in [2.24, 2.45) is 17.6 Å². The van der Waals surface area contributed by atoms with Crippen LogP contribution in [0.2, 0.25) is 0 Å². The Morgan fingerprint density at radius 2 is 1.74 bits per heavy atom. The first kappa shape index (κ1) is 16.4. The standard InChI is InChI=1S/C15H31N3O/c1-11(2)9-18(10-12(3)4)8-7-14(15(16)19)17-13-5-6-13/h11-14,17H,5-10H2,1-4H3,(H2,16,19). The minimum absolute atomic E-state index is 0.158. The van der Waals surface area contributed by atoms with Gasteiger partial charge in [0.05, 0.1) is 6.04 Å². The molecule has 0 aliphatic heterocycles. The highest BCUT2D eigenvalue weighted by atomic mass is 16.1. The number of nitrogens with two attached hydrogens (primary N) is 1. The maximum atomic E-state index is 11.5. The van der Waals surface area contributed by atoms with E-state index in [-0.39, 0.29) is 11.9 Å². The Balaban J connectivity index is 2.39. The van der Waals surface area contributed by atoms with Gasteiger partial charge in [0.1, 0.15) is 0 Å². The van der Waals surface area contributed by atoms with Crippen molar-refractivity contribution < 1.29 is 4.79 Å². The largest absolute Gasteiger partial charge is 0.368 e. The molecule has 0 aromatic rings. The van der Waals surface area contributed by atoms with Gasteiger partial charge in [0.25, 0.3) is 0 Å². The summed E-state index contributed by atoms with van der Waals surface area (Å²) in [4.78, 5) is 13.9. The molecule has 4 heteroatoms.